The summed E-state index contributed by atoms with van der Waals surface area (Å²) in [5, 5.41) is 0.946. The normalized spacial score (nSPS) is 15.9. The van der Waals surface area contributed by atoms with E-state index in [0.29, 0.717) is 0 Å². The Balaban J connectivity index is 1.73. The standard InChI is InChI=1S/C18H31N3OS/c1-3-4-5-6-7-8-13-23-18-19-16(2)14-17(20-18)15-21-9-11-22-12-10-21/h14H,3-13,15H2,1-2H3. The van der Waals surface area contributed by atoms with E-state index < -0.39 is 0 Å². The molecule has 0 unspecified atom stereocenters. The van der Waals surface area contributed by atoms with E-state index >= 15 is 0 Å². The van der Waals surface area contributed by atoms with Gasteiger partial charge in [-0.05, 0) is 19.4 Å². The third-order valence-corrected chi connectivity index (χ3v) is 5.04. The lowest BCUT2D eigenvalue weighted by atomic mass is 10.1. The van der Waals surface area contributed by atoms with Crippen LogP contribution in [0.5, 0.6) is 0 Å². The molecule has 5 heteroatoms. The Hall–Kier alpha value is -0.650. The monoisotopic (exact) mass is 337 g/mol. The number of aromatic nitrogens is 2. The largest absolute Gasteiger partial charge is 0.379 e. The van der Waals surface area contributed by atoms with Gasteiger partial charge >= 0.3 is 0 Å². The molecule has 1 aliphatic heterocycles. The molecule has 0 aromatic carbocycles. The highest BCUT2D eigenvalue weighted by Crippen LogP contribution is 2.18. The molecule has 0 spiro atoms. The van der Waals surface area contributed by atoms with Crippen molar-refractivity contribution in [2.24, 2.45) is 0 Å². The lowest BCUT2D eigenvalue weighted by Crippen LogP contribution is -2.35. The third kappa shape index (κ3) is 7.64. The number of hydrogen-bond acceptors (Lipinski definition) is 5. The van der Waals surface area contributed by atoms with Gasteiger partial charge in [0.1, 0.15) is 0 Å². The Kier molecular flexibility index (Phi) is 8.94. The summed E-state index contributed by atoms with van der Waals surface area (Å²) in [5.74, 6) is 1.13. The molecule has 1 aromatic heterocycles. The molecular formula is C18H31N3OS. The topological polar surface area (TPSA) is 38.2 Å². The van der Waals surface area contributed by atoms with E-state index in [1.165, 1.54) is 38.5 Å². The fourth-order valence-electron chi connectivity index (χ4n) is 2.78. The van der Waals surface area contributed by atoms with Crippen molar-refractivity contribution in [3.8, 4) is 0 Å². The van der Waals surface area contributed by atoms with Gasteiger partial charge in [-0.1, -0.05) is 50.8 Å². The quantitative estimate of drug-likeness (QED) is 0.365. The summed E-state index contributed by atoms with van der Waals surface area (Å²) in [4.78, 5) is 11.7. The maximum Gasteiger partial charge on any atom is 0.188 e. The van der Waals surface area contributed by atoms with Crippen molar-refractivity contribution in [2.75, 3.05) is 32.1 Å². The van der Waals surface area contributed by atoms with Gasteiger partial charge in [-0.2, -0.15) is 0 Å². The lowest BCUT2D eigenvalue weighted by molar-refractivity contribution is 0.0335. The Bertz CT molecular complexity index is 450. The summed E-state index contributed by atoms with van der Waals surface area (Å²) in [6, 6.07) is 2.12. The van der Waals surface area contributed by atoms with Crippen molar-refractivity contribution >= 4 is 11.8 Å². The molecule has 130 valence electrons. The maximum absolute atomic E-state index is 5.41. The van der Waals surface area contributed by atoms with Crippen LogP contribution in [0.2, 0.25) is 0 Å². The number of nitrogens with zero attached hydrogens (tertiary/aromatic N) is 3. The molecule has 1 saturated heterocycles. The molecule has 0 aliphatic carbocycles. The van der Waals surface area contributed by atoms with E-state index in [0.717, 1.165) is 55.1 Å². The van der Waals surface area contributed by atoms with Gasteiger partial charge in [-0.15, -0.1) is 0 Å². The number of unbranched alkanes of at least 4 members (excludes halogenated alkanes) is 5. The van der Waals surface area contributed by atoms with Crippen molar-refractivity contribution < 1.29 is 4.74 Å². The van der Waals surface area contributed by atoms with Crippen LogP contribution in [0.25, 0.3) is 0 Å². The van der Waals surface area contributed by atoms with Crippen molar-refractivity contribution in [3.63, 3.8) is 0 Å². The van der Waals surface area contributed by atoms with Gasteiger partial charge in [-0.25, -0.2) is 9.97 Å². The second-order valence-electron chi connectivity index (χ2n) is 6.29. The molecule has 0 amide bonds. The first kappa shape index (κ1) is 18.7. The Morgan fingerprint density at radius 2 is 1.83 bits per heavy atom. The predicted molar refractivity (Wildman–Crippen MR) is 97.0 cm³/mol. The fraction of sp³-hybridized carbons (Fsp3) is 0.778. The molecule has 23 heavy (non-hydrogen) atoms. The number of aryl methyl sites for hydroxylation is 1. The van der Waals surface area contributed by atoms with Crippen molar-refractivity contribution in [1.29, 1.82) is 0 Å². The molecule has 0 N–H and O–H groups in total. The highest BCUT2D eigenvalue weighted by Gasteiger charge is 2.12. The molecule has 1 aliphatic rings. The number of hydrogen-bond donors (Lipinski definition) is 0. The smallest absolute Gasteiger partial charge is 0.188 e. The number of morpholine rings is 1. The average molecular weight is 338 g/mol. The van der Waals surface area contributed by atoms with Crippen LogP contribution < -0.4 is 0 Å². The van der Waals surface area contributed by atoms with E-state index in [-0.39, 0.29) is 0 Å². The zero-order valence-electron chi connectivity index (χ0n) is 14.7. The van der Waals surface area contributed by atoms with E-state index in [1.807, 2.05) is 11.8 Å². The number of rotatable bonds is 10. The first-order valence-corrected chi connectivity index (χ1v) is 10.0. The van der Waals surface area contributed by atoms with Crippen LogP contribution in [-0.4, -0.2) is 46.9 Å². The number of thioether (sulfide) groups is 1. The molecule has 1 aromatic rings. The van der Waals surface area contributed by atoms with Gasteiger partial charge in [0.15, 0.2) is 5.16 Å². The van der Waals surface area contributed by atoms with E-state index in [9.17, 15) is 0 Å². The Morgan fingerprint density at radius 1 is 1.09 bits per heavy atom. The first-order chi connectivity index (χ1) is 11.3. The van der Waals surface area contributed by atoms with Gasteiger partial charge in [0.2, 0.25) is 0 Å². The lowest BCUT2D eigenvalue weighted by Gasteiger charge is -2.26. The maximum atomic E-state index is 5.41. The molecule has 4 nitrogen and oxygen atoms in total. The summed E-state index contributed by atoms with van der Waals surface area (Å²) in [7, 11) is 0. The van der Waals surface area contributed by atoms with Crippen LogP contribution in [0.1, 0.15) is 56.8 Å². The van der Waals surface area contributed by atoms with Crippen molar-refractivity contribution in [3.05, 3.63) is 17.5 Å². The van der Waals surface area contributed by atoms with Crippen molar-refractivity contribution in [1.82, 2.24) is 14.9 Å². The van der Waals surface area contributed by atoms with Gasteiger partial charge in [-0.3, -0.25) is 4.90 Å². The minimum Gasteiger partial charge on any atom is -0.379 e. The summed E-state index contributed by atoms with van der Waals surface area (Å²) in [5.41, 5.74) is 2.22. The van der Waals surface area contributed by atoms with Crippen LogP contribution >= 0.6 is 11.8 Å². The van der Waals surface area contributed by atoms with Gasteiger partial charge in [0, 0.05) is 31.1 Å². The summed E-state index contributed by atoms with van der Waals surface area (Å²) in [6.07, 6.45) is 8.04. The Labute approximate surface area is 145 Å². The summed E-state index contributed by atoms with van der Waals surface area (Å²) < 4.78 is 5.41. The second kappa shape index (κ2) is 11.0. The van der Waals surface area contributed by atoms with Crippen LogP contribution in [0.3, 0.4) is 0 Å². The molecule has 0 atom stereocenters. The van der Waals surface area contributed by atoms with E-state index in [1.54, 1.807) is 0 Å². The predicted octanol–water partition coefficient (Wildman–Crippen LogP) is 4.07. The zero-order valence-corrected chi connectivity index (χ0v) is 15.5. The zero-order chi connectivity index (χ0) is 16.3. The van der Waals surface area contributed by atoms with Crippen LogP contribution in [-0.2, 0) is 11.3 Å². The molecule has 0 bridgehead atoms. The molecule has 0 radical (unpaired) electrons. The van der Waals surface area contributed by atoms with Gasteiger partial charge in [0.05, 0.1) is 18.9 Å². The molecule has 2 heterocycles. The fourth-order valence-corrected chi connectivity index (χ4v) is 3.71. The van der Waals surface area contributed by atoms with Crippen LogP contribution in [0.15, 0.2) is 11.2 Å². The SMILES string of the molecule is CCCCCCCCSc1nc(C)cc(CN2CCOCC2)n1. The highest BCUT2D eigenvalue weighted by atomic mass is 32.2. The molecule has 0 saturated carbocycles. The van der Waals surface area contributed by atoms with Crippen LogP contribution in [0.4, 0.5) is 0 Å². The number of ether oxygens (including phenoxy) is 1. The minimum absolute atomic E-state index is 0.837. The molecule has 2 rings (SSSR count). The van der Waals surface area contributed by atoms with Gasteiger partial charge < -0.3 is 4.74 Å². The van der Waals surface area contributed by atoms with E-state index in [4.69, 9.17) is 9.72 Å². The second-order valence-corrected chi connectivity index (χ2v) is 7.35. The Morgan fingerprint density at radius 3 is 2.61 bits per heavy atom. The molecule has 1 fully saturated rings. The average Bonchev–Trinajstić information content (AvgIpc) is 2.54. The minimum atomic E-state index is 0.837. The van der Waals surface area contributed by atoms with Crippen LogP contribution in [0, 0.1) is 6.92 Å². The van der Waals surface area contributed by atoms with Crippen molar-refractivity contribution in [2.45, 2.75) is 64.1 Å². The summed E-state index contributed by atoms with van der Waals surface area (Å²) in [6.45, 7) is 8.93. The highest BCUT2D eigenvalue weighted by molar-refractivity contribution is 7.99. The van der Waals surface area contributed by atoms with E-state index in [2.05, 4.69) is 29.8 Å². The first-order valence-electron chi connectivity index (χ1n) is 9.05. The summed E-state index contributed by atoms with van der Waals surface area (Å²) >= 11 is 1.81. The van der Waals surface area contributed by atoms with Gasteiger partial charge in [0.25, 0.3) is 0 Å². The third-order valence-electron chi connectivity index (χ3n) is 4.11. The molecular weight excluding hydrogens is 306 g/mol.